The molecule has 2 atom stereocenters. The lowest BCUT2D eigenvalue weighted by Crippen LogP contribution is -2.42. The lowest BCUT2D eigenvalue weighted by Gasteiger charge is -2.34. The second-order valence-corrected chi connectivity index (χ2v) is 13.0. The molecular formula is C30H58O4S. The first kappa shape index (κ1) is 34.3. The minimum absolute atomic E-state index is 0.532. The molecule has 0 aliphatic rings. The van der Waals surface area contributed by atoms with E-state index in [0.29, 0.717) is 12.8 Å². The van der Waals surface area contributed by atoms with Gasteiger partial charge < -0.3 is 10.2 Å². The monoisotopic (exact) mass is 514 g/mol. The summed E-state index contributed by atoms with van der Waals surface area (Å²) in [4.78, 5) is 24.3. The van der Waals surface area contributed by atoms with E-state index in [4.69, 9.17) is 0 Å². The molecule has 0 heterocycles. The third-order valence-electron chi connectivity index (χ3n) is 7.37. The van der Waals surface area contributed by atoms with E-state index in [-0.39, 0.29) is 0 Å². The first-order valence-electron chi connectivity index (χ1n) is 14.9. The number of carboxylic acid groups (broad SMARTS) is 2. The Hall–Kier alpha value is -0.710. The number of aliphatic carboxylic acids is 2. The van der Waals surface area contributed by atoms with E-state index in [1.807, 2.05) is 0 Å². The van der Waals surface area contributed by atoms with Crippen molar-refractivity contribution < 1.29 is 19.8 Å². The normalized spacial score (nSPS) is 15.0. The first-order chi connectivity index (χ1) is 16.7. The van der Waals surface area contributed by atoms with E-state index in [1.165, 1.54) is 102 Å². The fraction of sp³-hybridized carbons (Fsp3) is 0.933. The minimum Gasteiger partial charge on any atom is -0.480 e. The Labute approximate surface area is 221 Å². The van der Waals surface area contributed by atoms with Crippen LogP contribution >= 0.6 is 11.8 Å². The Balaban J connectivity index is 4.32. The number of hydrogen-bond donors (Lipinski definition) is 2. The number of carbonyl (C=O) groups is 2. The van der Waals surface area contributed by atoms with Crippen LogP contribution in [0, 0.1) is 0 Å². The molecule has 0 aliphatic heterocycles. The van der Waals surface area contributed by atoms with E-state index in [0.717, 1.165) is 38.5 Å². The average molecular weight is 515 g/mol. The molecule has 5 heteroatoms. The van der Waals surface area contributed by atoms with Crippen LogP contribution in [0.4, 0.5) is 0 Å². The van der Waals surface area contributed by atoms with E-state index in [9.17, 15) is 19.8 Å². The maximum atomic E-state index is 12.1. The maximum absolute atomic E-state index is 12.1. The molecule has 0 saturated heterocycles. The summed E-state index contributed by atoms with van der Waals surface area (Å²) in [5, 5.41) is 19.9. The van der Waals surface area contributed by atoms with Gasteiger partial charge in [-0.2, -0.15) is 0 Å². The van der Waals surface area contributed by atoms with Gasteiger partial charge in [-0.1, -0.05) is 142 Å². The standard InChI is InChI=1S/C30H58O4S/c1-5-7-9-11-13-15-17-19-21-23-25-29(3,27(31)32)35-30(4,28(33)34)26-24-22-20-18-16-14-12-10-8-6-2/h5-26H2,1-4H3,(H,31,32)(H,33,34). The van der Waals surface area contributed by atoms with Crippen LogP contribution in [0.25, 0.3) is 0 Å². The fourth-order valence-corrected chi connectivity index (χ4v) is 6.46. The van der Waals surface area contributed by atoms with Crippen LogP contribution in [-0.2, 0) is 9.59 Å². The summed E-state index contributed by atoms with van der Waals surface area (Å²) in [5.41, 5.74) is 0. The third kappa shape index (κ3) is 17.4. The zero-order valence-corrected chi connectivity index (χ0v) is 24.5. The van der Waals surface area contributed by atoms with Gasteiger partial charge in [0.05, 0.1) is 0 Å². The van der Waals surface area contributed by atoms with Crippen LogP contribution in [0.1, 0.15) is 169 Å². The Morgan fingerprint density at radius 2 is 0.714 bits per heavy atom. The third-order valence-corrected chi connectivity index (χ3v) is 9.03. The summed E-state index contributed by atoms with van der Waals surface area (Å²) in [6.07, 6.45) is 25.2. The summed E-state index contributed by atoms with van der Waals surface area (Å²) in [5.74, 6) is -1.76. The Kier molecular flexibility index (Phi) is 20.9. The van der Waals surface area contributed by atoms with Crippen molar-refractivity contribution in [2.24, 2.45) is 0 Å². The van der Waals surface area contributed by atoms with Gasteiger partial charge in [-0.25, -0.2) is 0 Å². The van der Waals surface area contributed by atoms with Gasteiger partial charge in [0, 0.05) is 0 Å². The van der Waals surface area contributed by atoms with Gasteiger partial charge in [0.2, 0.25) is 0 Å². The van der Waals surface area contributed by atoms with Crippen LogP contribution in [0.3, 0.4) is 0 Å². The van der Waals surface area contributed by atoms with Gasteiger partial charge in [-0.3, -0.25) is 9.59 Å². The van der Waals surface area contributed by atoms with Gasteiger partial charge in [-0.05, 0) is 26.7 Å². The topological polar surface area (TPSA) is 74.6 Å². The number of hydrogen-bond acceptors (Lipinski definition) is 3. The zero-order valence-electron chi connectivity index (χ0n) is 23.7. The molecule has 0 saturated carbocycles. The second kappa shape index (κ2) is 21.4. The van der Waals surface area contributed by atoms with Crippen molar-refractivity contribution in [1.29, 1.82) is 0 Å². The largest absolute Gasteiger partial charge is 0.480 e. The Bertz CT molecular complexity index is 492. The highest BCUT2D eigenvalue weighted by Crippen LogP contribution is 2.43. The van der Waals surface area contributed by atoms with Gasteiger partial charge in [0.25, 0.3) is 0 Å². The SMILES string of the molecule is CCCCCCCCCCCCC(C)(SC(C)(CCCCCCCCCCCC)C(=O)O)C(=O)O. The lowest BCUT2D eigenvalue weighted by molar-refractivity contribution is -0.139. The summed E-state index contributed by atoms with van der Waals surface area (Å²) < 4.78 is -2.10. The molecule has 0 aliphatic carbocycles. The van der Waals surface area contributed by atoms with Crippen LogP contribution < -0.4 is 0 Å². The molecule has 2 N–H and O–H groups in total. The molecular weight excluding hydrogens is 456 g/mol. The molecule has 0 bridgehead atoms. The minimum atomic E-state index is -1.05. The van der Waals surface area contributed by atoms with Gasteiger partial charge in [0.1, 0.15) is 9.49 Å². The van der Waals surface area contributed by atoms with Crippen molar-refractivity contribution in [2.75, 3.05) is 0 Å². The highest BCUT2D eigenvalue weighted by atomic mass is 32.2. The quantitative estimate of drug-likeness (QED) is 0.112. The molecule has 0 aromatic rings. The van der Waals surface area contributed by atoms with Crippen LogP contribution in [0.2, 0.25) is 0 Å². The molecule has 0 amide bonds. The van der Waals surface area contributed by atoms with Gasteiger partial charge in [0.15, 0.2) is 0 Å². The van der Waals surface area contributed by atoms with Crippen molar-refractivity contribution >= 4 is 23.7 Å². The lowest BCUT2D eigenvalue weighted by atomic mass is 9.99. The molecule has 0 rings (SSSR count). The number of unbranched alkanes of at least 4 members (excludes halogenated alkanes) is 18. The van der Waals surface area contributed by atoms with Crippen LogP contribution in [0.5, 0.6) is 0 Å². The predicted molar refractivity (Wildman–Crippen MR) is 153 cm³/mol. The van der Waals surface area contributed by atoms with E-state index in [1.54, 1.807) is 13.8 Å². The van der Waals surface area contributed by atoms with E-state index < -0.39 is 21.4 Å². The fourth-order valence-electron chi connectivity index (χ4n) is 4.80. The Morgan fingerprint density at radius 3 is 0.943 bits per heavy atom. The number of carboxylic acids is 2. The van der Waals surface area contributed by atoms with Gasteiger partial charge >= 0.3 is 11.9 Å². The van der Waals surface area contributed by atoms with Crippen molar-refractivity contribution in [1.82, 2.24) is 0 Å². The predicted octanol–water partition coefficient (Wildman–Crippen LogP) is 10.0. The van der Waals surface area contributed by atoms with Crippen molar-refractivity contribution in [2.45, 2.75) is 178 Å². The highest BCUT2D eigenvalue weighted by molar-refractivity contribution is 8.03. The maximum Gasteiger partial charge on any atom is 0.319 e. The van der Waals surface area contributed by atoms with Crippen molar-refractivity contribution in [3.8, 4) is 0 Å². The summed E-state index contributed by atoms with van der Waals surface area (Å²) in [6.45, 7) is 7.93. The first-order valence-corrected chi connectivity index (χ1v) is 15.7. The number of thioether (sulfide) groups is 1. The average Bonchev–Trinajstić information content (AvgIpc) is 2.81. The van der Waals surface area contributed by atoms with E-state index in [2.05, 4.69) is 13.8 Å². The molecule has 4 nitrogen and oxygen atoms in total. The number of rotatable bonds is 26. The molecule has 0 radical (unpaired) electrons. The Morgan fingerprint density at radius 1 is 0.486 bits per heavy atom. The van der Waals surface area contributed by atoms with E-state index >= 15 is 0 Å². The van der Waals surface area contributed by atoms with Gasteiger partial charge in [-0.15, -0.1) is 11.8 Å². The highest BCUT2D eigenvalue weighted by Gasteiger charge is 2.45. The summed E-state index contributed by atoms with van der Waals surface area (Å²) >= 11 is 1.17. The second-order valence-electron chi connectivity index (χ2n) is 11.0. The summed E-state index contributed by atoms with van der Waals surface area (Å²) in [7, 11) is 0. The smallest absolute Gasteiger partial charge is 0.319 e. The molecule has 35 heavy (non-hydrogen) atoms. The van der Waals surface area contributed by atoms with Crippen LogP contribution in [0.15, 0.2) is 0 Å². The molecule has 0 aromatic carbocycles. The molecule has 0 fully saturated rings. The molecule has 0 aromatic heterocycles. The molecule has 2 unspecified atom stereocenters. The summed E-state index contributed by atoms with van der Waals surface area (Å²) in [6, 6.07) is 0. The van der Waals surface area contributed by atoms with Crippen molar-refractivity contribution in [3.05, 3.63) is 0 Å². The molecule has 208 valence electrons. The zero-order chi connectivity index (χ0) is 26.4. The molecule has 0 spiro atoms. The van der Waals surface area contributed by atoms with Crippen LogP contribution in [-0.4, -0.2) is 31.6 Å². The van der Waals surface area contributed by atoms with Crippen molar-refractivity contribution in [3.63, 3.8) is 0 Å².